The third-order valence-electron chi connectivity index (χ3n) is 4.49. The molecule has 0 aromatic carbocycles. The van der Waals surface area contributed by atoms with Gasteiger partial charge in [0.15, 0.2) is 0 Å². The molecule has 1 N–H and O–H groups in total. The molecule has 2 rings (SSSR count). The number of amides is 1. The van der Waals surface area contributed by atoms with Crippen LogP contribution in [0.25, 0.3) is 0 Å². The average molecular weight is 293 g/mol. The van der Waals surface area contributed by atoms with Crippen LogP contribution in [0.5, 0.6) is 0 Å². The molecule has 2 aliphatic carbocycles. The number of alkyl halides is 3. The second-order valence-corrected chi connectivity index (χ2v) is 5.74. The normalized spacial score (nSPS) is 23.2. The molecule has 0 aromatic heterocycles. The molecule has 0 atom stereocenters. The van der Waals surface area contributed by atoms with Crippen molar-refractivity contribution in [3.63, 3.8) is 0 Å². The molecule has 0 spiro atoms. The Balaban J connectivity index is 2.02. The van der Waals surface area contributed by atoms with E-state index in [1.165, 1.54) is 7.11 Å². The molecule has 0 radical (unpaired) electrons. The van der Waals surface area contributed by atoms with Crippen molar-refractivity contribution >= 4 is 11.9 Å². The average Bonchev–Trinajstić information content (AvgIpc) is 3.00. The maximum Gasteiger partial charge on any atom is 0.403 e. The Morgan fingerprint density at radius 1 is 1.15 bits per heavy atom. The van der Waals surface area contributed by atoms with E-state index in [2.05, 4.69) is 10.1 Å². The second-order valence-electron chi connectivity index (χ2n) is 5.74. The molecule has 0 bridgehead atoms. The van der Waals surface area contributed by atoms with Gasteiger partial charge in [0.25, 0.3) is 0 Å². The Kier molecular flexibility index (Phi) is 3.73. The third kappa shape index (κ3) is 2.38. The van der Waals surface area contributed by atoms with Crippen LogP contribution in [-0.2, 0) is 14.3 Å². The van der Waals surface area contributed by atoms with Crippen LogP contribution < -0.4 is 5.32 Å². The summed E-state index contributed by atoms with van der Waals surface area (Å²) < 4.78 is 44.1. The van der Waals surface area contributed by atoms with Crippen LogP contribution in [-0.4, -0.2) is 31.7 Å². The first kappa shape index (κ1) is 15.1. The Hall–Kier alpha value is -1.27. The summed E-state index contributed by atoms with van der Waals surface area (Å²) >= 11 is 0. The van der Waals surface area contributed by atoms with Crippen molar-refractivity contribution in [2.24, 2.45) is 10.8 Å². The SMILES string of the molecule is COC(=O)C1(CNC(=O)C2(C(F)(F)F)CCCC2)CC1. The molecule has 114 valence electrons. The first-order valence-corrected chi connectivity index (χ1v) is 6.71. The number of nitrogens with one attached hydrogen (secondary N) is 1. The molecule has 0 unspecified atom stereocenters. The summed E-state index contributed by atoms with van der Waals surface area (Å²) in [5.41, 5.74) is -3.09. The number of rotatable bonds is 4. The van der Waals surface area contributed by atoms with Crippen LogP contribution in [0, 0.1) is 10.8 Å². The molecule has 0 saturated heterocycles. The van der Waals surface area contributed by atoms with Gasteiger partial charge < -0.3 is 10.1 Å². The Morgan fingerprint density at radius 3 is 2.10 bits per heavy atom. The van der Waals surface area contributed by atoms with Crippen LogP contribution in [0.4, 0.5) is 13.2 Å². The van der Waals surface area contributed by atoms with E-state index in [0.717, 1.165) is 0 Å². The van der Waals surface area contributed by atoms with E-state index in [-0.39, 0.29) is 19.4 Å². The predicted molar refractivity (Wildman–Crippen MR) is 63.6 cm³/mol. The molecule has 0 aliphatic heterocycles. The fourth-order valence-corrected chi connectivity index (χ4v) is 2.86. The number of hydrogen-bond acceptors (Lipinski definition) is 3. The van der Waals surface area contributed by atoms with Crippen LogP contribution in [0.1, 0.15) is 38.5 Å². The lowest BCUT2D eigenvalue weighted by atomic mass is 9.84. The van der Waals surface area contributed by atoms with Crippen LogP contribution >= 0.6 is 0 Å². The zero-order chi connectivity index (χ0) is 15.0. The Labute approximate surface area is 115 Å². The van der Waals surface area contributed by atoms with Gasteiger partial charge >= 0.3 is 12.1 Å². The quantitative estimate of drug-likeness (QED) is 0.808. The zero-order valence-electron chi connectivity index (χ0n) is 11.3. The van der Waals surface area contributed by atoms with E-state index in [9.17, 15) is 22.8 Å². The minimum Gasteiger partial charge on any atom is -0.469 e. The van der Waals surface area contributed by atoms with Crippen LogP contribution in [0.15, 0.2) is 0 Å². The minimum absolute atomic E-state index is 0.0731. The van der Waals surface area contributed by atoms with Crippen molar-refractivity contribution in [2.75, 3.05) is 13.7 Å². The number of ether oxygens (including phenoxy) is 1. The van der Waals surface area contributed by atoms with Crippen molar-refractivity contribution in [1.29, 1.82) is 0 Å². The fraction of sp³-hybridized carbons (Fsp3) is 0.846. The van der Waals surface area contributed by atoms with Gasteiger partial charge in [-0.15, -0.1) is 0 Å². The predicted octanol–water partition coefficient (Wildman–Crippen LogP) is 2.18. The highest BCUT2D eigenvalue weighted by atomic mass is 19.4. The van der Waals surface area contributed by atoms with Gasteiger partial charge in [-0.05, 0) is 25.7 Å². The second kappa shape index (κ2) is 4.93. The maximum absolute atomic E-state index is 13.2. The smallest absolute Gasteiger partial charge is 0.403 e. The van der Waals surface area contributed by atoms with Crippen molar-refractivity contribution in [3.05, 3.63) is 0 Å². The van der Waals surface area contributed by atoms with Gasteiger partial charge in [-0.2, -0.15) is 13.2 Å². The summed E-state index contributed by atoms with van der Waals surface area (Å²) in [5.74, 6) is -1.47. The molecular formula is C13H18F3NO3. The Bertz CT molecular complexity index is 410. The summed E-state index contributed by atoms with van der Waals surface area (Å²) in [5, 5.41) is 2.33. The fourth-order valence-electron chi connectivity index (χ4n) is 2.86. The standard InChI is InChI=1S/C13H18F3NO3/c1-20-10(19)11(6-7-11)8-17-9(18)12(13(14,15)16)4-2-3-5-12/h2-8H2,1H3,(H,17,18). The van der Waals surface area contributed by atoms with Gasteiger partial charge in [-0.25, -0.2) is 0 Å². The molecule has 2 saturated carbocycles. The van der Waals surface area contributed by atoms with E-state index in [4.69, 9.17) is 0 Å². The number of hydrogen-bond donors (Lipinski definition) is 1. The van der Waals surface area contributed by atoms with E-state index in [1.807, 2.05) is 0 Å². The molecule has 0 aromatic rings. The van der Waals surface area contributed by atoms with Gasteiger partial charge in [-0.3, -0.25) is 9.59 Å². The van der Waals surface area contributed by atoms with Crippen molar-refractivity contribution in [2.45, 2.75) is 44.7 Å². The highest BCUT2D eigenvalue weighted by Gasteiger charge is 2.61. The van der Waals surface area contributed by atoms with Crippen molar-refractivity contribution < 1.29 is 27.5 Å². The first-order chi connectivity index (χ1) is 9.27. The number of carbonyl (C=O) groups is 2. The molecule has 1 amide bonds. The largest absolute Gasteiger partial charge is 0.469 e. The van der Waals surface area contributed by atoms with E-state index >= 15 is 0 Å². The lowest BCUT2D eigenvalue weighted by molar-refractivity contribution is -0.220. The molecule has 7 heteroatoms. The topological polar surface area (TPSA) is 55.4 Å². The van der Waals surface area contributed by atoms with Gasteiger partial charge in [0.05, 0.1) is 12.5 Å². The number of carbonyl (C=O) groups excluding carboxylic acids is 2. The van der Waals surface area contributed by atoms with Gasteiger partial charge in [0.1, 0.15) is 5.41 Å². The summed E-state index contributed by atoms with van der Waals surface area (Å²) in [6, 6.07) is 0. The molecule has 4 nitrogen and oxygen atoms in total. The first-order valence-electron chi connectivity index (χ1n) is 6.71. The van der Waals surface area contributed by atoms with Gasteiger partial charge in [-0.1, -0.05) is 12.8 Å². The van der Waals surface area contributed by atoms with Crippen LogP contribution in [0.3, 0.4) is 0 Å². The molecule has 2 aliphatic rings. The summed E-state index contributed by atoms with van der Waals surface area (Å²) in [4.78, 5) is 23.5. The van der Waals surface area contributed by atoms with E-state index in [0.29, 0.717) is 25.7 Å². The van der Waals surface area contributed by atoms with Crippen molar-refractivity contribution in [3.8, 4) is 0 Å². The Morgan fingerprint density at radius 2 is 1.70 bits per heavy atom. The monoisotopic (exact) mass is 293 g/mol. The lowest BCUT2D eigenvalue weighted by Crippen LogP contribution is -2.50. The molecule has 20 heavy (non-hydrogen) atoms. The minimum atomic E-state index is -4.55. The number of methoxy groups -OCH3 is 1. The lowest BCUT2D eigenvalue weighted by Gasteiger charge is -2.30. The third-order valence-corrected chi connectivity index (χ3v) is 4.49. The number of halogens is 3. The molecule has 2 fully saturated rings. The number of esters is 1. The summed E-state index contributed by atoms with van der Waals surface area (Å²) in [7, 11) is 1.23. The van der Waals surface area contributed by atoms with Crippen molar-refractivity contribution in [1.82, 2.24) is 5.32 Å². The van der Waals surface area contributed by atoms with Crippen LogP contribution in [0.2, 0.25) is 0 Å². The molecular weight excluding hydrogens is 275 g/mol. The van der Waals surface area contributed by atoms with Gasteiger partial charge in [0.2, 0.25) is 5.91 Å². The maximum atomic E-state index is 13.2. The highest BCUT2D eigenvalue weighted by molar-refractivity contribution is 5.86. The van der Waals surface area contributed by atoms with Gasteiger partial charge in [0, 0.05) is 6.54 Å². The highest BCUT2D eigenvalue weighted by Crippen LogP contribution is 2.51. The van der Waals surface area contributed by atoms with E-state index < -0.39 is 28.9 Å². The zero-order valence-corrected chi connectivity index (χ0v) is 11.3. The van der Waals surface area contributed by atoms with E-state index in [1.54, 1.807) is 0 Å². The molecule has 0 heterocycles. The summed E-state index contributed by atoms with van der Waals surface area (Å²) in [6.45, 7) is -0.0731. The summed E-state index contributed by atoms with van der Waals surface area (Å²) in [6.07, 6.45) is -3.02.